The third-order valence-corrected chi connectivity index (χ3v) is 2.61. The number of aliphatic hydroxyl groups is 1. The molecule has 1 aromatic rings. The van der Waals surface area contributed by atoms with Gasteiger partial charge in [-0.25, -0.2) is 4.39 Å². The first kappa shape index (κ1) is 14.9. The highest BCUT2D eigenvalue weighted by Crippen LogP contribution is 2.24. The molecule has 18 heavy (non-hydrogen) atoms. The van der Waals surface area contributed by atoms with Crippen LogP contribution in [-0.4, -0.2) is 36.6 Å². The van der Waals surface area contributed by atoms with Crippen molar-refractivity contribution in [2.75, 3.05) is 26.4 Å². The van der Waals surface area contributed by atoms with E-state index in [4.69, 9.17) is 9.84 Å². The van der Waals surface area contributed by atoms with Crippen molar-refractivity contribution in [2.45, 2.75) is 19.4 Å². The molecule has 0 saturated carbocycles. The van der Waals surface area contributed by atoms with Crippen molar-refractivity contribution in [3.05, 3.63) is 29.6 Å². The molecular formula is C13H20FNO3. The lowest BCUT2D eigenvalue weighted by Gasteiger charge is -2.15. The molecule has 1 aromatic carbocycles. The van der Waals surface area contributed by atoms with Crippen LogP contribution >= 0.6 is 0 Å². The summed E-state index contributed by atoms with van der Waals surface area (Å²) < 4.78 is 17.9. The van der Waals surface area contributed by atoms with Crippen molar-refractivity contribution >= 4 is 0 Å². The molecule has 4 nitrogen and oxygen atoms in total. The topological polar surface area (TPSA) is 61.7 Å². The summed E-state index contributed by atoms with van der Waals surface area (Å²) in [6.45, 7) is 3.60. The van der Waals surface area contributed by atoms with Crippen LogP contribution in [0, 0.1) is 5.82 Å². The zero-order valence-corrected chi connectivity index (χ0v) is 10.5. The van der Waals surface area contributed by atoms with Gasteiger partial charge in [-0.3, -0.25) is 0 Å². The second-order valence-corrected chi connectivity index (χ2v) is 4.07. The Balaban J connectivity index is 2.29. The zero-order chi connectivity index (χ0) is 13.4. The molecule has 0 aromatic heterocycles. The van der Waals surface area contributed by atoms with Gasteiger partial charge in [0.1, 0.15) is 11.6 Å². The normalized spacial score (nSPS) is 12.6. The molecule has 5 heteroatoms. The first-order chi connectivity index (χ1) is 8.65. The lowest BCUT2D eigenvalue weighted by Crippen LogP contribution is -2.21. The molecule has 1 atom stereocenters. The van der Waals surface area contributed by atoms with Crippen LogP contribution < -0.4 is 5.32 Å². The summed E-state index contributed by atoms with van der Waals surface area (Å²) >= 11 is 0. The largest absolute Gasteiger partial charge is 0.508 e. The molecule has 1 rings (SSSR count). The summed E-state index contributed by atoms with van der Waals surface area (Å²) in [6.07, 6.45) is 0.812. The van der Waals surface area contributed by atoms with Crippen molar-refractivity contribution in [1.82, 2.24) is 5.32 Å². The van der Waals surface area contributed by atoms with Crippen molar-refractivity contribution in [3.63, 3.8) is 0 Å². The Morgan fingerprint density at radius 2 is 2.17 bits per heavy atom. The number of aromatic hydroxyl groups is 1. The molecule has 0 amide bonds. The number of benzene rings is 1. The van der Waals surface area contributed by atoms with Gasteiger partial charge in [-0.2, -0.15) is 0 Å². The van der Waals surface area contributed by atoms with Gasteiger partial charge in [0, 0.05) is 24.3 Å². The van der Waals surface area contributed by atoms with Gasteiger partial charge in [0.2, 0.25) is 0 Å². The van der Waals surface area contributed by atoms with Crippen LogP contribution in [0.1, 0.15) is 24.9 Å². The summed E-state index contributed by atoms with van der Waals surface area (Å²) in [5.74, 6) is -0.479. The Bertz CT molecular complexity index is 360. The summed E-state index contributed by atoms with van der Waals surface area (Å²) in [4.78, 5) is 0. The zero-order valence-electron chi connectivity index (χ0n) is 10.5. The van der Waals surface area contributed by atoms with Crippen LogP contribution in [0.25, 0.3) is 0 Å². The van der Waals surface area contributed by atoms with Gasteiger partial charge in [0.25, 0.3) is 0 Å². The van der Waals surface area contributed by atoms with E-state index in [0.29, 0.717) is 18.8 Å². The smallest absolute Gasteiger partial charge is 0.126 e. The molecule has 0 heterocycles. The molecule has 0 aliphatic heterocycles. The minimum absolute atomic E-state index is 0.0350. The van der Waals surface area contributed by atoms with Crippen molar-refractivity contribution in [1.29, 1.82) is 0 Å². The van der Waals surface area contributed by atoms with E-state index < -0.39 is 5.82 Å². The maximum Gasteiger partial charge on any atom is 0.126 e. The van der Waals surface area contributed by atoms with Crippen LogP contribution in [0.15, 0.2) is 18.2 Å². The maximum atomic E-state index is 12.8. The van der Waals surface area contributed by atoms with E-state index in [1.165, 1.54) is 6.07 Å². The summed E-state index contributed by atoms with van der Waals surface area (Å²) in [5.41, 5.74) is 0.674. The second-order valence-electron chi connectivity index (χ2n) is 4.07. The number of phenols is 1. The molecule has 102 valence electrons. The quantitative estimate of drug-likeness (QED) is 0.619. The lowest BCUT2D eigenvalue weighted by molar-refractivity contribution is 0.0904. The van der Waals surface area contributed by atoms with E-state index in [1.54, 1.807) is 6.07 Å². The Morgan fingerprint density at radius 3 is 2.83 bits per heavy atom. The minimum Gasteiger partial charge on any atom is -0.508 e. The maximum absolute atomic E-state index is 12.8. The number of hydrogen-bond acceptors (Lipinski definition) is 4. The van der Waals surface area contributed by atoms with E-state index >= 15 is 0 Å². The molecule has 0 fully saturated rings. The Hall–Kier alpha value is -1.17. The number of phenolic OH excluding ortho intramolecular Hbond substituents is 1. The SMILES string of the molecule is CC(NCCCOCCO)c1ccc(F)cc1O. The predicted octanol–water partition coefficient (Wildman–Crippen LogP) is 1.58. The molecule has 0 saturated heterocycles. The molecule has 1 unspecified atom stereocenters. The third kappa shape index (κ3) is 5.00. The Labute approximate surface area is 106 Å². The molecule has 3 N–H and O–H groups in total. The second kappa shape index (κ2) is 8.02. The molecular weight excluding hydrogens is 237 g/mol. The molecule has 0 spiro atoms. The highest BCUT2D eigenvalue weighted by Gasteiger charge is 2.10. The van der Waals surface area contributed by atoms with Crippen molar-refractivity contribution in [3.8, 4) is 5.75 Å². The van der Waals surface area contributed by atoms with Crippen LogP contribution in [0.3, 0.4) is 0 Å². The fraction of sp³-hybridized carbons (Fsp3) is 0.538. The lowest BCUT2D eigenvalue weighted by atomic mass is 10.1. The predicted molar refractivity (Wildman–Crippen MR) is 67.0 cm³/mol. The summed E-state index contributed by atoms with van der Waals surface area (Å²) in [7, 11) is 0. The van der Waals surface area contributed by atoms with E-state index in [-0.39, 0.29) is 18.4 Å². The first-order valence-electron chi connectivity index (χ1n) is 6.05. The van der Waals surface area contributed by atoms with Crippen LogP contribution in [-0.2, 0) is 4.74 Å². The standard InChI is InChI=1S/C13H20FNO3/c1-10(15-5-2-7-18-8-6-16)12-4-3-11(14)9-13(12)17/h3-4,9-10,15-17H,2,5-8H2,1H3. The van der Waals surface area contributed by atoms with Crippen LogP contribution in [0.4, 0.5) is 4.39 Å². The van der Waals surface area contributed by atoms with Gasteiger partial charge in [0.05, 0.1) is 13.2 Å². The highest BCUT2D eigenvalue weighted by molar-refractivity contribution is 5.34. The van der Waals surface area contributed by atoms with Gasteiger partial charge >= 0.3 is 0 Å². The Morgan fingerprint density at radius 1 is 1.39 bits per heavy atom. The van der Waals surface area contributed by atoms with Gasteiger partial charge in [0.15, 0.2) is 0 Å². The minimum atomic E-state index is -0.444. The first-order valence-corrected chi connectivity index (χ1v) is 6.05. The molecule has 0 aliphatic carbocycles. The van der Waals surface area contributed by atoms with Gasteiger partial charge in [-0.15, -0.1) is 0 Å². The summed E-state index contributed by atoms with van der Waals surface area (Å²) in [6, 6.07) is 3.96. The van der Waals surface area contributed by atoms with Crippen LogP contribution in [0.5, 0.6) is 5.75 Å². The van der Waals surface area contributed by atoms with Gasteiger partial charge < -0.3 is 20.3 Å². The molecule has 0 radical (unpaired) electrons. The van der Waals surface area contributed by atoms with E-state index in [1.807, 2.05) is 6.92 Å². The Kier molecular flexibility index (Phi) is 6.64. The number of nitrogens with one attached hydrogen (secondary N) is 1. The number of halogens is 1. The third-order valence-electron chi connectivity index (χ3n) is 2.61. The van der Waals surface area contributed by atoms with E-state index in [9.17, 15) is 9.50 Å². The van der Waals surface area contributed by atoms with Crippen molar-refractivity contribution < 1.29 is 19.3 Å². The summed E-state index contributed by atoms with van der Waals surface area (Å²) in [5, 5.41) is 21.3. The number of aliphatic hydroxyl groups excluding tert-OH is 1. The highest BCUT2D eigenvalue weighted by atomic mass is 19.1. The molecule has 0 bridgehead atoms. The fourth-order valence-electron chi connectivity index (χ4n) is 1.65. The average Bonchev–Trinajstić information content (AvgIpc) is 2.33. The van der Waals surface area contributed by atoms with Gasteiger partial charge in [-0.05, 0) is 26.0 Å². The van der Waals surface area contributed by atoms with Crippen LogP contribution in [0.2, 0.25) is 0 Å². The van der Waals surface area contributed by atoms with E-state index in [0.717, 1.165) is 19.0 Å². The number of hydrogen-bond donors (Lipinski definition) is 3. The number of rotatable bonds is 8. The number of ether oxygens (including phenoxy) is 1. The van der Waals surface area contributed by atoms with Gasteiger partial charge in [-0.1, -0.05) is 6.07 Å². The monoisotopic (exact) mass is 257 g/mol. The van der Waals surface area contributed by atoms with Crippen molar-refractivity contribution in [2.24, 2.45) is 0 Å². The molecule has 0 aliphatic rings. The fourth-order valence-corrected chi connectivity index (χ4v) is 1.65. The average molecular weight is 257 g/mol. The van der Waals surface area contributed by atoms with E-state index in [2.05, 4.69) is 5.32 Å².